The summed E-state index contributed by atoms with van der Waals surface area (Å²) in [6, 6.07) is 12.9. The van der Waals surface area contributed by atoms with Crippen LogP contribution in [0, 0.1) is 10.1 Å². The van der Waals surface area contributed by atoms with Gasteiger partial charge in [0, 0.05) is 24.3 Å². The van der Waals surface area contributed by atoms with E-state index in [1.165, 1.54) is 24.3 Å². The number of hydrogen-bond donors (Lipinski definition) is 1. The number of aromatic amines is 1. The van der Waals surface area contributed by atoms with Gasteiger partial charge in [0.05, 0.1) is 22.4 Å². The molecule has 148 valence electrons. The molecule has 1 N–H and O–H groups in total. The first-order valence-electron chi connectivity index (χ1n) is 9.06. The van der Waals surface area contributed by atoms with E-state index in [1.807, 2.05) is 13.8 Å². The highest BCUT2D eigenvalue weighted by Crippen LogP contribution is 2.15. The van der Waals surface area contributed by atoms with Crippen LogP contribution in [0.15, 0.2) is 59.4 Å². The highest BCUT2D eigenvalue weighted by Gasteiger charge is 2.17. The maximum Gasteiger partial charge on any atom is 0.270 e. The fourth-order valence-electron chi connectivity index (χ4n) is 2.89. The van der Waals surface area contributed by atoms with Gasteiger partial charge in [-0.1, -0.05) is 24.3 Å². The summed E-state index contributed by atoms with van der Waals surface area (Å²) in [5, 5.41) is 11.4. The largest absolute Gasteiger partial charge is 0.329 e. The maximum absolute atomic E-state index is 12.7. The number of amides is 1. The fourth-order valence-corrected chi connectivity index (χ4v) is 2.89. The predicted molar refractivity (Wildman–Crippen MR) is 110 cm³/mol. The molecule has 0 aliphatic rings. The van der Waals surface area contributed by atoms with E-state index in [0.29, 0.717) is 22.3 Å². The highest BCUT2D eigenvalue weighted by atomic mass is 16.6. The highest BCUT2D eigenvalue weighted by molar-refractivity contribution is 5.92. The summed E-state index contributed by atoms with van der Waals surface area (Å²) in [5.41, 5.74) is 0.815. The summed E-state index contributed by atoms with van der Waals surface area (Å²) in [6.07, 6.45) is 2.89. The second-order valence-corrected chi connectivity index (χ2v) is 6.78. The lowest BCUT2D eigenvalue weighted by Gasteiger charge is -2.25. The van der Waals surface area contributed by atoms with Crippen molar-refractivity contribution in [2.75, 3.05) is 0 Å². The van der Waals surface area contributed by atoms with Gasteiger partial charge in [0.15, 0.2) is 0 Å². The summed E-state index contributed by atoms with van der Waals surface area (Å²) >= 11 is 0. The van der Waals surface area contributed by atoms with Gasteiger partial charge in [-0.3, -0.25) is 19.7 Å². The summed E-state index contributed by atoms with van der Waals surface area (Å²) in [5.74, 6) is 0.0989. The van der Waals surface area contributed by atoms with Gasteiger partial charge in [0.2, 0.25) is 5.91 Å². The van der Waals surface area contributed by atoms with Crippen LogP contribution in [0.25, 0.3) is 17.0 Å². The number of carbonyl (C=O) groups excluding carboxylic acids is 1. The molecule has 1 heterocycles. The molecule has 0 aliphatic carbocycles. The molecule has 1 amide bonds. The van der Waals surface area contributed by atoms with Crippen molar-refractivity contribution in [2.24, 2.45) is 0 Å². The third-order valence-corrected chi connectivity index (χ3v) is 4.39. The van der Waals surface area contributed by atoms with E-state index in [-0.39, 0.29) is 29.7 Å². The van der Waals surface area contributed by atoms with Gasteiger partial charge in [0.25, 0.3) is 11.2 Å². The third kappa shape index (κ3) is 4.73. The summed E-state index contributed by atoms with van der Waals surface area (Å²) in [7, 11) is 0. The van der Waals surface area contributed by atoms with Crippen molar-refractivity contribution in [1.29, 1.82) is 0 Å². The van der Waals surface area contributed by atoms with E-state index in [4.69, 9.17) is 0 Å². The van der Waals surface area contributed by atoms with Gasteiger partial charge < -0.3 is 9.88 Å². The molecule has 0 spiro atoms. The number of para-hydroxylation sites is 1. The van der Waals surface area contributed by atoms with Crippen LogP contribution in [0.3, 0.4) is 0 Å². The van der Waals surface area contributed by atoms with Crippen LogP contribution in [0.4, 0.5) is 5.69 Å². The minimum absolute atomic E-state index is 0.0433. The van der Waals surface area contributed by atoms with Crippen molar-refractivity contribution in [1.82, 2.24) is 14.9 Å². The molecule has 0 saturated heterocycles. The van der Waals surface area contributed by atoms with E-state index in [0.717, 1.165) is 0 Å². The molecule has 0 fully saturated rings. The molecule has 0 aliphatic heterocycles. The molecule has 0 radical (unpaired) electrons. The molecular formula is C21H20N4O4. The molecule has 1 aromatic heterocycles. The van der Waals surface area contributed by atoms with E-state index in [1.54, 1.807) is 41.3 Å². The normalized spacial score (nSPS) is 11.3. The lowest BCUT2D eigenvalue weighted by molar-refractivity contribution is -0.384. The Balaban J connectivity index is 1.83. The van der Waals surface area contributed by atoms with Crippen molar-refractivity contribution >= 4 is 28.6 Å². The number of nitro benzene ring substituents is 1. The molecule has 0 unspecified atom stereocenters. The lowest BCUT2D eigenvalue weighted by atomic mass is 10.2. The van der Waals surface area contributed by atoms with E-state index < -0.39 is 4.92 Å². The van der Waals surface area contributed by atoms with Crippen LogP contribution in [0.5, 0.6) is 0 Å². The van der Waals surface area contributed by atoms with E-state index in [2.05, 4.69) is 9.97 Å². The van der Waals surface area contributed by atoms with Gasteiger partial charge in [-0.05, 0) is 37.6 Å². The van der Waals surface area contributed by atoms with E-state index in [9.17, 15) is 19.7 Å². The molecule has 8 heteroatoms. The third-order valence-electron chi connectivity index (χ3n) is 4.39. The topological polar surface area (TPSA) is 109 Å². The number of hydrogen-bond acceptors (Lipinski definition) is 5. The molecule has 8 nitrogen and oxygen atoms in total. The first-order valence-corrected chi connectivity index (χ1v) is 9.06. The number of nitrogens with one attached hydrogen (secondary N) is 1. The Labute approximate surface area is 166 Å². The molecule has 3 rings (SSSR count). The second kappa shape index (κ2) is 8.47. The number of carbonyl (C=O) groups is 1. The average molecular weight is 392 g/mol. The Morgan fingerprint density at radius 3 is 2.72 bits per heavy atom. The van der Waals surface area contributed by atoms with Crippen molar-refractivity contribution in [2.45, 2.75) is 26.4 Å². The molecule has 0 atom stereocenters. The zero-order valence-corrected chi connectivity index (χ0v) is 16.0. The number of aromatic nitrogens is 2. The SMILES string of the molecule is CC(C)N(Cc1nc2ccccc2c(=O)[nH]1)C(=O)/C=C/c1cccc([N+](=O)[O-])c1. The number of fused-ring (bicyclic) bond motifs is 1. The van der Waals surface area contributed by atoms with Crippen LogP contribution in [-0.4, -0.2) is 31.7 Å². The Bertz CT molecular complexity index is 1150. The molecular weight excluding hydrogens is 372 g/mol. The summed E-state index contributed by atoms with van der Waals surface area (Å²) in [4.78, 5) is 44.1. The van der Waals surface area contributed by atoms with Crippen LogP contribution in [0.1, 0.15) is 25.2 Å². The quantitative estimate of drug-likeness (QED) is 0.393. The number of non-ortho nitro benzene ring substituents is 1. The van der Waals surface area contributed by atoms with Gasteiger partial charge in [-0.15, -0.1) is 0 Å². The fraction of sp³-hybridized carbons (Fsp3) is 0.190. The standard InChI is InChI=1S/C21H20N4O4/c1-14(2)24(13-19-22-18-9-4-3-8-17(18)21(27)23-19)20(26)11-10-15-6-5-7-16(12-15)25(28)29/h3-12,14H,13H2,1-2H3,(H,22,23,27)/b11-10+. The first-order chi connectivity index (χ1) is 13.8. The zero-order valence-electron chi connectivity index (χ0n) is 16.0. The maximum atomic E-state index is 12.7. The van der Waals surface area contributed by atoms with E-state index >= 15 is 0 Å². The Hall–Kier alpha value is -3.81. The van der Waals surface area contributed by atoms with Crippen LogP contribution in [-0.2, 0) is 11.3 Å². The van der Waals surface area contributed by atoms with Gasteiger partial charge in [-0.2, -0.15) is 0 Å². The number of benzene rings is 2. The van der Waals surface area contributed by atoms with Gasteiger partial charge in [-0.25, -0.2) is 4.98 Å². The van der Waals surface area contributed by atoms with Crippen LogP contribution in [0.2, 0.25) is 0 Å². The molecule has 2 aromatic carbocycles. The Kier molecular flexibility index (Phi) is 5.82. The molecule has 0 saturated carbocycles. The predicted octanol–water partition coefficient (Wildman–Crippen LogP) is 3.28. The molecule has 3 aromatic rings. The van der Waals surface area contributed by atoms with Crippen molar-refractivity contribution < 1.29 is 9.72 Å². The minimum Gasteiger partial charge on any atom is -0.329 e. The number of H-pyrrole nitrogens is 1. The average Bonchev–Trinajstić information content (AvgIpc) is 2.70. The second-order valence-electron chi connectivity index (χ2n) is 6.78. The van der Waals surface area contributed by atoms with Crippen molar-refractivity contribution in [3.05, 3.63) is 86.5 Å². The Morgan fingerprint density at radius 2 is 2.00 bits per heavy atom. The summed E-state index contributed by atoms with van der Waals surface area (Å²) in [6.45, 7) is 3.85. The van der Waals surface area contributed by atoms with Crippen LogP contribution >= 0.6 is 0 Å². The summed E-state index contributed by atoms with van der Waals surface area (Å²) < 4.78 is 0. The smallest absolute Gasteiger partial charge is 0.270 e. The number of nitrogens with zero attached hydrogens (tertiary/aromatic N) is 3. The number of rotatable bonds is 6. The first kappa shape index (κ1) is 19.9. The van der Waals surface area contributed by atoms with Gasteiger partial charge in [0.1, 0.15) is 5.82 Å². The minimum atomic E-state index is -0.485. The lowest BCUT2D eigenvalue weighted by Crippen LogP contribution is -2.36. The zero-order chi connectivity index (χ0) is 21.0. The molecule has 29 heavy (non-hydrogen) atoms. The van der Waals surface area contributed by atoms with Gasteiger partial charge >= 0.3 is 0 Å². The monoisotopic (exact) mass is 392 g/mol. The molecule has 0 bridgehead atoms. The van der Waals surface area contributed by atoms with Crippen molar-refractivity contribution in [3.8, 4) is 0 Å². The van der Waals surface area contributed by atoms with Crippen molar-refractivity contribution in [3.63, 3.8) is 0 Å². The van der Waals surface area contributed by atoms with Crippen LogP contribution < -0.4 is 5.56 Å². The Morgan fingerprint density at radius 1 is 1.24 bits per heavy atom. The number of nitro groups is 1.